The van der Waals surface area contributed by atoms with Crippen LogP contribution in [0.4, 0.5) is 0 Å². The van der Waals surface area contributed by atoms with Crippen molar-refractivity contribution in [1.82, 2.24) is 20.5 Å². The summed E-state index contributed by atoms with van der Waals surface area (Å²) in [5, 5.41) is 10.5. The molecule has 0 radical (unpaired) electrons. The number of fused-ring (bicyclic) bond motifs is 1. The lowest BCUT2D eigenvalue weighted by molar-refractivity contribution is 0.561. The zero-order chi connectivity index (χ0) is 13.2. The van der Waals surface area contributed by atoms with Gasteiger partial charge in [-0.2, -0.15) is 5.10 Å². The minimum atomic E-state index is 0.684. The van der Waals surface area contributed by atoms with Crippen molar-refractivity contribution in [3.8, 4) is 11.3 Å². The topological polar surface area (TPSA) is 66.7 Å². The van der Waals surface area contributed by atoms with Crippen molar-refractivity contribution in [2.24, 2.45) is 0 Å². The summed E-state index contributed by atoms with van der Waals surface area (Å²) in [6, 6.07) is 8.02. The van der Waals surface area contributed by atoms with Gasteiger partial charge >= 0.3 is 0 Å². The summed E-state index contributed by atoms with van der Waals surface area (Å²) in [6.45, 7) is 2.78. The maximum atomic E-state index is 5.47. The number of benzene rings is 1. The number of H-pyrrole nitrogens is 1. The molecule has 0 atom stereocenters. The third-order valence-electron chi connectivity index (χ3n) is 3.07. The number of aromatic nitrogens is 3. The maximum absolute atomic E-state index is 5.47. The molecule has 5 heteroatoms. The number of nitrogens with zero attached hydrogens (tertiary/aromatic N) is 2. The van der Waals surface area contributed by atoms with Crippen molar-refractivity contribution in [2.45, 2.75) is 13.3 Å². The number of likely N-dealkylation sites (N-methyl/N-ethyl adjacent to an activating group) is 1. The van der Waals surface area contributed by atoms with Gasteiger partial charge in [-0.15, -0.1) is 0 Å². The van der Waals surface area contributed by atoms with E-state index in [-0.39, 0.29) is 0 Å². The van der Waals surface area contributed by atoms with Crippen LogP contribution in [0.5, 0.6) is 0 Å². The molecule has 2 heterocycles. The molecule has 2 N–H and O–H groups in total. The van der Waals surface area contributed by atoms with Gasteiger partial charge in [0.2, 0.25) is 0 Å². The number of aromatic amines is 1. The van der Waals surface area contributed by atoms with E-state index in [0.29, 0.717) is 5.89 Å². The van der Waals surface area contributed by atoms with Gasteiger partial charge in [-0.3, -0.25) is 5.10 Å². The zero-order valence-corrected chi connectivity index (χ0v) is 11.0. The van der Waals surface area contributed by atoms with Crippen LogP contribution in [0.3, 0.4) is 0 Å². The second-order valence-electron chi connectivity index (χ2n) is 4.55. The van der Waals surface area contributed by atoms with Crippen molar-refractivity contribution in [2.75, 3.05) is 13.6 Å². The quantitative estimate of drug-likeness (QED) is 0.751. The highest BCUT2D eigenvalue weighted by atomic mass is 16.3. The molecule has 0 aliphatic rings. The Morgan fingerprint density at radius 2 is 2.21 bits per heavy atom. The standard InChI is InChI=1S/C14H16N4O/c1-9-16-13-7-10(3-4-14(13)19-9)12-8-11(17-18-12)5-6-15-2/h3-4,7-8,15H,5-6H2,1-2H3,(H,17,18). The normalized spacial score (nSPS) is 11.3. The third-order valence-corrected chi connectivity index (χ3v) is 3.07. The van der Waals surface area contributed by atoms with Gasteiger partial charge in [-0.1, -0.05) is 0 Å². The minimum absolute atomic E-state index is 0.684. The highest BCUT2D eigenvalue weighted by molar-refractivity contribution is 5.79. The molecule has 0 amide bonds. The lowest BCUT2D eigenvalue weighted by Gasteiger charge is -1.95. The molecule has 5 nitrogen and oxygen atoms in total. The van der Waals surface area contributed by atoms with Gasteiger partial charge in [0.15, 0.2) is 11.5 Å². The molecule has 3 aromatic rings. The van der Waals surface area contributed by atoms with Gasteiger partial charge in [0.25, 0.3) is 0 Å². The van der Waals surface area contributed by atoms with Crippen LogP contribution >= 0.6 is 0 Å². The molecule has 0 fully saturated rings. The molecule has 19 heavy (non-hydrogen) atoms. The molecule has 0 spiro atoms. The Labute approximate surface area is 111 Å². The Balaban J connectivity index is 1.92. The first-order chi connectivity index (χ1) is 9.26. The smallest absolute Gasteiger partial charge is 0.192 e. The molecular formula is C14H16N4O. The Hall–Kier alpha value is -2.14. The first-order valence-electron chi connectivity index (χ1n) is 6.33. The van der Waals surface area contributed by atoms with Gasteiger partial charge in [-0.25, -0.2) is 4.98 Å². The Bertz CT molecular complexity index is 698. The molecule has 1 aromatic carbocycles. The second-order valence-corrected chi connectivity index (χ2v) is 4.55. The Kier molecular flexibility index (Phi) is 3.05. The van der Waals surface area contributed by atoms with E-state index in [0.717, 1.165) is 41.0 Å². The van der Waals surface area contributed by atoms with E-state index in [9.17, 15) is 0 Å². The fourth-order valence-electron chi connectivity index (χ4n) is 2.10. The fraction of sp³-hybridized carbons (Fsp3) is 0.286. The van der Waals surface area contributed by atoms with Gasteiger partial charge in [-0.05, 0) is 31.3 Å². The average molecular weight is 256 g/mol. The lowest BCUT2D eigenvalue weighted by Crippen LogP contribution is -2.10. The second kappa shape index (κ2) is 4.85. The number of nitrogens with one attached hydrogen (secondary N) is 2. The molecule has 2 aromatic heterocycles. The number of oxazole rings is 1. The molecule has 0 saturated heterocycles. The predicted octanol–water partition coefficient (Wildman–Crippen LogP) is 2.29. The average Bonchev–Trinajstić information content (AvgIpc) is 3.00. The van der Waals surface area contributed by atoms with E-state index in [4.69, 9.17) is 4.42 Å². The summed E-state index contributed by atoms with van der Waals surface area (Å²) in [5.74, 6) is 0.684. The minimum Gasteiger partial charge on any atom is -0.441 e. The fourth-order valence-corrected chi connectivity index (χ4v) is 2.10. The molecular weight excluding hydrogens is 240 g/mol. The van der Waals surface area contributed by atoms with Crippen LogP contribution in [0.1, 0.15) is 11.6 Å². The molecule has 0 aliphatic carbocycles. The highest BCUT2D eigenvalue weighted by Crippen LogP contribution is 2.23. The molecule has 0 unspecified atom stereocenters. The van der Waals surface area contributed by atoms with Gasteiger partial charge in [0.1, 0.15) is 5.52 Å². The number of hydrogen-bond acceptors (Lipinski definition) is 4. The van der Waals surface area contributed by atoms with Gasteiger partial charge in [0.05, 0.1) is 5.69 Å². The van der Waals surface area contributed by atoms with Crippen LogP contribution in [0, 0.1) is 6.92 Å². The van der Waals surface area contributed by atoms with E-state index < -0.39 is 0 Å². The Morgan fingerprint density at radius 3 is 3.05 bits per heavy atom. The first-order valence-corrected chi connectivity index (χ1v) is 6.33. The first kappa shape index (κ1) is 11.9. The number of aryl methyl sites for hydroxylation is 1. The van der Waals surface area contributed by atoms with E-state index >= 15 is 0 Å². The molecule has 0 saturated carbocycles. The summed E-state index contributed by atoms with van der Waals surface area (Å²) in [4.78, 5) is 4.34. The Morgan fingerprint density at radius 1 is 1.32 bits per heavy atom. The van der Waals surface area contributed by atoms with E-state index in [1.807, 2.05) is 32.2 Å². The van der Waals surface area contributed by atoms with Crippen LogP contribution < -0.4 is 5.32 Å². The van der Waals surface area contributed by atoms with E-state index in [1.54, 1.807) is 0 Å². The maximum Gasteiger partial charge on any atom is 0.192 e. The summed E-state index contributed by atoms with van der Waals surface area (Å²) in [7, 11) is 1.94. The molecule has 98 valence electrons. The SMILES string of the molecule is CNCCc1cc(-c2ccc3oc(C)nc3c2)n[nH]1. The lowest BCUT2D eigenvalue weighted by atomic mass is 10.1. The summed E-state index contributed by atoms with van der Waals surface area (Å²) < 4.78 is 5.47. The van der Waals surface area contributed by atoms with Crippen molar-refractivity contribution >= 4 is 11.1 Å². The van der Waals surface area contributed by atoms with E-state index in [2.05, 4.69) is 26.6 Å². The van der Waals surface area contributed by atoms with Crippen molar-refractivity contribution in [3.63, 3.8) is 0 Å². The van der Waals surface area contributed by atoms with Gasteiger partial charge in [0, 0.05) is 31.1 Å². The molecule has 0 aliphatic heterocycles. The largest absolute Gasteiger partial charge is 0.441 e. The van der Waals surface area contributed by atoms with Crippen LogP contribution in [0.25, 0.3) is 22.4 Å². The van der Waals surface area contributed by atoms with Crippen LogP contribution in [-0.4, -0.2) is 28.8 Å². The van der Waals surface area contributed by atoms with Crippen LogP contribution in [0.2, 0.25) is 0 Å². The number of rotatable bonds is 4. The van der Waals surface area contributed by atoms with E-state index in [1.165, 1.54) is 0 Å². The van der Waals surface area contributed by atoms with Crippen molar-refractivity contribution in [1.29, 1.82) is 0 Å². The van der Waals surface area contributed by atoms with Gasteiger partial charge < -0.3 is 9.73 Å². The summed E-state index contributed by atoms with van der Waals surface area (Å²) >= 11 is 0. The third kappa shape index (κ3) is 2.37. The molecule has 3 rings (SSSR count). The zero-order valence-electron chi connectivity index (χ0n) is 11.0. The monoisotopic (exact) mass is 256 g/mol. The number of hydrogen-bond donors (Lipinski definition) is 2. The summed E-state index contributed by atoms with van der Waals surface area (Å²) in [5.41, 5.74) is 4.80. The molecule has 0 bridgehead atoms. The predicted molar refractivity (Wildman–Crippen MR) is 74.0 cm³/mol. The summed E-state index contributed by atoms with van der Waals surface area (Å²) in [6.07, 6.45) is 0.939. The van der Waals surface area contributed by atoms with Crippen LogP contribution in [-0.2, 0) is 6.42 Å². The highest BCUT2D eigenvalue weighted by Gasteiger charge is 2.07. The van der Waals surface area contributed by atoms with Crippen molar-refractivity contribution in [3.05, 3.63) is 35.9 Å². The van der Waals surface area contributed by atoms with Crippen molar-refractivity contribution < 1.29 is 4.42 Å². The van der Waals surface area contributed by atoms with Crippen LogP contribution in [0.15, 0.2) is 28.7 Å².